The molecule has 0 radical (unpaired) electrons. The number of aromatic nitrogens is 4. The fourth-order valence-electron chi connectivity index (χ4n) is 2.69. The smallest absolute Gasteiger partial charge is 0.424 e. The molecule has 3 rings (SSSR count). The minimum atomic E-state index is -2.33. The molecule has 1 aliphatic rings. The van der Waals surface area contributed by atoms with Gasteiger partial charge in [0.05, 0.1) is 12.9 Å². The molecule has 0 spiro atoms. The Morgan fingerprint density at radius 1 is 1.48 bits per heavy atom. The third-order valence-corrected chi connectivity index (χ3v) is 3.82. The lowest BCUT2D eigenvalue weighted by atomic mass is 9.71. The van der Waals surface area contributed by atoms with Crippen molar-refractivity contribution in [3.63, 3.8) is 0 Å². The fourth-order valence-corrected chi connectivity index (χ4v) is 2.69. The van der Waals surface area contributed by atoms with Crippen LogP contribution in [0, 0.1) is 0 Å². The van der Waals surface area contributed by atoms with Crippen molar-refractivity contribution >= 4 is 24.2 Å². The van der Waals surface area contributed by atoms with Crippen LogP contribution >= 0.6 is 0 Å². The molecule has 12 nitrogen and oxygen atoms in total. The molecule has 2 aromatic rings. The molecular formula is C10H14BN5O7. The van der Waals surface area contributed by atoms with Gasteiger partial charge in [0.1, 0.15) is 18.3 Å². The highest BCUT2D eigenvalue weighted by molar-refractivity contribution is 6.44. The highest BCUT2D eigenvalue weighted by atomic mass is 16.6. The van der Waals surface area contributed by atoms with Crippen molar-refractivity contribution in [2.45, 2.75) is 23.9 Å². The molecule has 0 unspecified atom stereocenters. The van der Waals surface area contributed by atoms with Crippen LogP contribution in [0.5, 0.6) is 0 Å². The fraction of sp³-hybridized carbons (Fsp3) is 0.500. The summed E-state index contributed by atoms with van der Waals surface area (Å²) in [6, 6.07) is 0. The molecule has 2 aromatic heterocycles. The summed E-state index contributed by atoms with van der Waals surface area (Å²) in [4.78, 5) is 21.6. The second-order valence-corrected chi connectivity index (χ2v) is 5.14. The van der Waals surface area contributed by atoms with Gasteiger partial charge in [-0.1, -0.05) is 0 Å². The van der Waals surface area contributed by atoms with Gasteiger partial charge < -0.3 is 35.8 Å². The SMILES string of the molecule is Nc1nc2c(ncn2[C@]2(B(O)O)O[C@H](CO)[C@@H](O)[C@H]2O)c(=O)[nH]1. The summed E-state index contributed by atoms with van der Waals surface area (Å²) in [6.07, 6.45) is -3.76. The van der Waals surface area contributed by atoms with E-state index < -0.39 is 43.2 Å². The van der Waals surface area contributed by atoms with Crippen LogP contribution in [-0.4, -0.2) is 76.9 Å². The molecule has 8 N–H and O–H groups in total. The molecule has 0 amide bonds. The van der Waals surface area contributed by atoms with Crippen LogP contribution < -0.4 is 11.3 Å². The molecule has 0 saturated carbocycles. The van der Waals surface area contributed by atoms with E-state index in [0.29, 0.717) is 0 Å². The standard InChI is InChI=1S/C10H14BN5O7/c12-9-14-7-4(8(20)15-9)13-2-16(7)10(11(21)22)6(19)5(18)3(1-17)23-10/h2-3,5-6,17-19,21-22H,1H2,(H3,12,14,15,20)/t3-,5-,6-,10+/m1/s1. The Labute approximate surface area is 127 Å². The van der Waals surface area contributed by atoms with Gasteiger partial charge in [-0.25, -0.2) is 4.98 Å². The number of aliphatic hydroxyl groups is 3. The minimum absolute atomic E-state index is 0.183. The maximum Gasteiger partial charge on any atom is 0.511 e. The molecule has 0 aliphatic carbocycles. The number of anilines is 1. The number of nitrogen functional groups attached to an aromatic ring is 1. The number of H-pyrrole nitrogens is 1. The number of fused-ring (bicyclic) bond motifs is 1. The van der Waals surface area contributed by atoms with Crippen LogP contribution in [-0.2, 0) is 10.4 Å². The first-order chi connectivity index (χ1) is 10.8. The van der Waals surface area contributed by atoms with Gasteiger partial charge in [0.25, 0.3) is 5.56 Å². The molecule has 0 bridgehead atoms. The normalized spacial score (nSPS) is 30.9. The monoisotopic (exact) mass is 327 g/mol. The van der Waals surface area contributed by atoms with Crippen molar-refractivity contribution in [2.24, 2.45) is 0 Å². The molecule has 0 aromatic carbocycles. The first-order valence-electron chi connectivity index (χ1n) is 6.57. The van der Waals surface area contributed by atoms with Gasteiger partial charge in [0, 0.05) is 0 Å². The Hall–Kier alpha value is -2.03. The second-order valence-electron chi connectivity index (χ2n) is 5.14. The maximum atomic E-state index is 11.8. The summed E-state index contributed by atoms with van der Waals surface area (Å²) >= 11 is 0. The highest BCUT2D eigenvalue weighted by Gasteiger charge is 2.62. The second kappa shape index (κ2) is 5.26. The van der Waals surface area contributed by atoms with E-state index in [1.165, 1.54) is 0 Å². The largest absolute Gasteiger partial charge is 0.511 e. The number of hydrogen-bond acceptors (Lipinski definition) is 10. The third-order valence-electron chi connectivity index (χ3n) is 3.82. The van der Waals surface area contributed by atoms with Crippen molar-refractivity contribution in [3.05, 3.63) is 16.7 Å². The van der Waals surface area contributed by atoms with Crippen LogP contribution in [0.3, 0.4) is 0 Å². The Kier molecular flexibility index (Phi) is 3.63. The van der Waals surface area contributed by atoms with E-state index in [2.05, 4.69) is 15.0 Å². The summed E-state index contributed by atoms with van der Waals surface area (Å²) < 4.78 is 6.19. The zero-order valence-corrected chi connectivity index (χ0v) is 11.6. The van der Waals surface area contributed by atoms with Gasteiger partial charge in [-0.15, -0.1) is 0 Å². The predicted molar refractivity (Wildman–Crippen MR) is 74.7 cm³/mol. The lowest BCUT2D eigenvalue weighted by molar-refractivity contribution is -0.106. The van der Waals surface area contributed by atoms with Crippen molar-refractivity contribution < 1.29 is 30.1 Å². The van der Waals surface area contributed by atoms with Crippen LogP contribution in [0.25, 0.3) is 11.2 Å². The van der Waals surface area contributed by atoms with E-state index >= 15 is 0 Å². The Balaban J connectivity index is 2.27. The van der Waals surface area contributed by atoms with Crippen molar-refractivity contribution in [3.8, 4) is 0 Å². The predicted octanol–water partition coefficient (Wildman–Crippen LogP) is -4.52. The molecule has 23 heavy (non-hydrogen) atoms. The quantitative estimate of drug-likeness (QED) is 0.269. The maximum absolute atomic E-state index is 11.8. The molecule has 13 heteroatoms. The third kappa shape index (κ3) is 2.06. The zero-order valence-electron chi connectivity index (χ0n) is 11.6. The molecule has 1 saturated heterocycles. The Bertz CT molecular complexity index is 793. The summed E-state index contributed by atoms with van der Waals surface area (Å²) in [6.45, 7) is -0.685. The van der Waals surface area contributed by atoms with Gasteiger partial charge in [0.2, 0.25) is 11.6 Å². The summed E-state index contributed by atoms with van der Waals surface area (Å²) in [5.41, 5.74) is 2.08. The van der Waals surface area contributed by atoms with Gasteiger partial charge >= 0.3 is 7.12 Å². The first-order valence-corrected chi connectivity index (χ1v) is 6.57. The van der Waals surface area contributed by atoms with Crippen LogP contribution in [0.15, 0.2) is 11.1 Å². The van der Waals surface area contributed by atoms with Crippen molar-refractivity contribution in [1.82, 2.24) is 19.5 Å². The van der Waals surface area contributed by atoms with Crippen molar-refractivity contribution in [1.29, 1.82) is 0 Å². The lowest BCUT2D eigenvalue weighted by Gasteiger charge is -2.32. The average molecular weight is 327 g/mol. The van der Waals surface area contributed by atoms with Crippen molar-refractivity contribution in [2.75, 3.05) is 12.3 Å². The number of aromatic amines is 1. The van der Waals surface area contributed by atoms with Crippen LogP contribution in [0.1, 0.15) is 0 Å². The Morgan fingerprint density at radius 2 is 2.17 bits per heavy atom. The van der Waals surface area contributed by atoms with Gasteiger partial charge in [-0.3, -0.25) is 14.3 Å². The van der Waals surface area contributed by atoms with Crippen LogP contribution in [0.4, 0.5) is 5.95 Å². The summed E-state index contributed by atoms with van der Waals surface area (Å²) in [5, 5.41) is 48.9. The minimum Gasteiger partial charge on any atom is -0.424 e. The Morgan fingerprint density at radius 3 is 2.74 bits per heavy atom. The number of nitrogens with two attached hydrogens (primary N) is 1. The molecule has 124 valence electrons. The number of nitrogens with zero attached hydrogens (tertiary/aromatic N) is 3. The summed E-state index contributed by atoms with van der Waals surface area (Å²) in [7, 11) is -2.33. The lowest BCUT2D eigenvalue weighted by Crippen LogP contribution is -2.57. The number of ether oxygens (including phenoxy) is 1. The topological polar surface area (TPSA) is 200 Å². The average Bonchev–Trinajstić information content (AvgIpc) is 3.01. The highest BCUT2D eigenvalue weighted by Crippen LogP contribution is 2.37. The molecule has 4 atom stereocenters. The van der Waals surface area contributed by atoms with E-state index in [1.807, 2.05) is 0 Å². The van der Waals surface area contributed by atoms with E-state index in [1.54, 1.807) is 0 Å². The molecule has 3 heterocycles. The number of imidazole rings is 1. The first kappa shape index (κ1) is 15.9. The summed E-state index contributed by atoms with van der Waals surface area (Å²) in [5.74, 6) is -0.265. The molecular weight excluding hydrogens is 313 g/mol. The van der Waals surface area contributed by atoms with E-state index in [-0.39, 0.29) is 17.1 Å². The molecule has 1 aliphatic heterocycles. The van der Waals surface area contributed by atoms with Gasteiger partial charge in [-0.2, -0.15) is 4.98 Å². The molecule has 1 fully saturated rings. The number of rotatable bonds is 3. The van der Waals surface area contributed by atoms with Crippen LogP contribution in [0.2, 0.25) is 0 Å². The number of aliphatic hydroxyl groups excluding tert-OH is 3. The van der Waals surface area contributed by atoms with Gasteiger partial charge in [-0.05, 0) is 0 Å². The van der Waals surface area contributed by atoms with E-state index in [9.17, 15) is 30.2 Å². The van der Waals surface area contributed by atoms with Gasteiger partial charge in [0.15, 0.2) is 11.2 Å². The zero-order chi connectivity index (χ0) is 16.9. The number of hydrogen-bond donors (Lipinski definition) is 7. The van der Waals surface area contributed by atoms with E-state index in [4.69, 9.17) is 10.5 Å². The number of nitrogens with one attached hydrogen (secondary N) is 1. The van der Waals surface area contributed by atoms with E-state index in [0.717, 1.165) is 10.9 Å².